The summed E-state index contributed by atoms with van der Waals surface area (Å²) in [7, 11) is 0. The van der Waals surface area contributed by atoms with E-state index in [0.29, 0.717) is 6.54 Å². The third-order valence-electron chi connectivity index (χ3n) is 5.23. The first-order valence-corrected chi connectivity index (χ1v) is 8.83. The number of anilines is 1. The molecular weight excluding hydrogens is 342 g/mol. The van der Waals surface area contributed by atoms with Gasteiger partial charge in [-0.2, -0.15) is 0 Å². The van der Waals surface area contributed by atoms with Gasteiger partial charge in [0.15, 0.2) is 0 Å². The van der Waals surface area contributed by atoms with Crippen molar-refractivity contribution in [3.8, 4) is 0 Å². The summed E-state index contributed by atoms with van der Waals surface area (Å²) in [6.45, 7) is 0.408. The first kappa shape index (κ1) is 17.1. The molecular formula is C22H19NO4. The highest BCUT2D eigenvalue weighted by atomic mass is 16.4. The van der Waals surface area contributed by atoms with Crippen LogP contribution in [-0.4, -0.2) is 28.2 Å². The number of rotatable bonds is 5. The van der Waals surface area contributed by atoms with Crippen molar-refractivity contribution >= 4 is 28.4 Å². The number of aliphatic carboxylic acids is 2. The molecule has 2 unspecified atom stereocenters. The van der Waals surface area contributed by atoms with E-state index in [9.17, 15) is 19.8 Å². The molecule has 0 aliphatic carbocycles. The Bertz CT molecular complexity index is 1020. The van der Waals surface area contributed by atoms with Gasteiger partial charge in [0.25, 0.3) is 0 Å². The molecule has 5 nitrogen and oxygen atoms in total. The van der Waals surface area contributed by atoms with Crippen LogP contribution in [0.5, 0.6) is 0 Å². The lowest BCUT2D eigenvalue weighted by Gasteiger charge is -2.27. The average molecular weight is 361 g/mol. The molecule has 136 valence electrons. The topological polar surface area (TPSA) is 77.8 Å². The molecule has 0 radical (unpaired) electrons. The van der Waals surface area contributed by atoms with Crippen LogP contribution in [0.15, 0.2) is 66.7 Å². The maximum absolute atomic E-state index is 12.1. The highest BCUT2D eigenvalue weighted by molar-refractivity contribution is 5.88. The van der Waals surface area contributed by atoms with Crippen molar-refractivity contribution in [3.05, 3.63) is 77.9 Å². The highest BCUT2D eigenvalue weighted by Gasteiger charge is 2.43. The third-order valence-corrected chi connectivity index (χ3v) is 5.23. The van der Waals surface area contributed by atoms with Crippen LogP contribution in [0.3, 0.4) is 0 Å². The van der Waals surface area contributed by atoms with Crippen molar-refractivity contribution in [1.82, 2.24) is 0 Å². The standard InChI is InChI=1S/C22H19NO4/c24-20(25)12-18-17-10-3-4-11-19(17)23(21(18)22(26)27)13-15-8-5-7-14-6-1-2-9-16(14)15/h1-11,18,21H,12-13H2,(H,24,25)(H,26,27). The van der Waals surface area contributed by atoms with E-state index >= 15 is 0 Å². The molecule has 0 fully saturated rings. The van der Waals surface area contributed by atoms with Crippen LogP contribution < -0.4 is 4.90 Å². The van der Waals surface area contributed by atoms with Gasteiger partial charge in [-0.25, -0.2) is 4.79 Å². The van der Waals surface area contributed by atoms with E-state index in [2.05, 4.69) is 0 Å². The van der Waals surface area contributed by atoms with Gasteiger partial charge in [0.2, 0.25) is 0 Å². The van der Waals surface area contributed by atoms with E-state index in [-0.39, 0.29) is 6.42 Å². The van der Waals surface area contributed by atoms with Gasteiger partial charge in [-0.15, -0.1) is 0 Å². The molecule has 4 rings (SSSR count). The maximum Gasteiger partial charge on any atom is 0.327 e. The summed E-state index contributed by atoms with van der Waals surface area (Å²) in [4.78, 5) is 25.3. The Morgan fingerprint density at radius 2 is 1.59 bits per heavy atom. The molecule has 0 saturated heterocycles. The second-order valence-corrected chi connectivity index (χ2v) is 6.81. The van der Waals surface area contributed by atoms with E-state index < -0.39 is 23.9 Å². The molecule has 0 amide bonds. The lowest BCUT2D eigenvalue weighted by molar-refractivity contribution is -0.140. The normalized spacial score (nSPS) is 18.4. The summed E-state index contributed by atoms with van der Waals surface area (Å²) in [5.41, 5.74) is 2.60. The van der Waals surface area contributed by atoms with Gasteiger partial charge in [-0.3, -0.25) is 4.79 Å². The van der Waals surface area contributed by atoms with Gasteiger partial charge in [-0.1, -0.05) is 60.7 Å². The van der Waals surface area contributed by atoms with E-state index in [4.69, 9.17) is 0 Å². The first-order valence-electron chi connectivity index (χ1n) is 8.83. The van der Waals surface area contributed by atoms with Crippen molar-refractivity contribution in [2.24, 2.45) is 0 Å². The number of carboxylic acid groups (broad SMARTS) is 2. The number of para-hydroxylation sites is 1. The summed E-state index contributed by atoms with van der Waals surface area (Å²) >= 11 is 0. The van der Waals surface area contributed by atoms with Crippen molar-refractivity contribution < 1.29 is 19.8 Å². The molecule has 3 aromatic rings. The Morgan fingerprint density at radius 1 is 0.889 bits per heavy atom. The number of carboxylic acids is 2. The zero-order valence-corrected chi connectivity index (χ0v) is 14.6. The molecule has 27 heavy (non-hydrogen) atoms. The summed E-state index contributed by atoms with van der Waals surface area (Å²) in [5.74, 6) is -2.57. The van der Waals surface area contributed by atoms with Crippen LogP contribution in [-0.2, 0) is 16.1 Å². The van der Waals surface area contributed by atoms with E-state index in [1.807, 2.05) is 71.6 Å². The molecule has 2 atom stereocenters. The molecule has 1 heterocycles. The minimum absolute atomic E-state index is 0.208. The van der Waals surface area contributed by atoms with E-state index in [1.165, 1.54) is 0 Å². The molecule has 0 bridgehead atoms. The van der Waals surface area contributed by atoms with Crippen LogP contribution in [0.1, 0.15) is 23.5 Å². The van der Waals surface area contributed by atoms with Gasteiger partial charge in [0, 0.05) is 18.2 Å². The molecule has 0 saturated carbocycles. The van der Waals surface area contributed by atoms with Gasteiger partial charge in [0.1, 0.15) is 6.04 Å². The highest BCUT2D eigenvalue weighted by Crippen LogP contribution is 2.44. The maximum atomic E-state index is 12.1. The average Bonchev–Trinajstić information content (AvgIpc) is 2.95. The first-order chi connectivity index (χ1) is 13.1. The van der Waals surface area contributed by atoms with E-state index in [0.717, 1.165) is 27.6 Å². The van der Waals surface area contributed by atoms with Crippen LogP contribution >= 0.6 is 0 Å². The minimum atomic E-state index is -1.00. The van der Waals surface area contributed by atoms with Gasteiger partial charge >= 0.3 is 11.9 Å². The second-order valence-electron chi connectivity index (χ2n) is 6.81. The lowest BCUT2D eigenvalue weighted by atomic mass is 9.91. The molecule has 1 aliphatic rings. The van der Waals surface area contributed by atoms with E-state index in [1.54, 1.807) is 0 Å². The van der Waals surface area contributed by atoms with Gasteiger partial charge in [-0.05, 0) is 28.0 Å². The van der Waals surface area contributed by atoms with Crippen LogP contribution in [0.4, 0.5) is 5.69 Å². The smallest absolute Gasteiger partial charge is 0.327 e. The van der Waals surface area contributed by atoms with Gasteiger partial charge < -0.3 is 15.1 Å². The Morgan fingerprint density at radius 3 is 2.37 bits per heavy atom. The predicted molar refractivity (Wildman–Crippen MR) is 103 cm³/mol. The van der Waals surface area contributed by atoms with Crippen molar-refractivity contribution in [1.29, 1.82) is 0 Å². The molecule has 0 spiro atoms. The van der Waals surface area contributed by atoms with Crippen molar-refractivity contribution in [3.63, 3.8) is 0 Å². The largest absolute Gasteiger partial charge is 0.481 e. The monoisotopic (exact) mass is 361 g/mol. The Balaban J connectivity index is 1.80. The molecule has 0 aromatic heterocycles. The zero-order chi connectivity index (χ0) is 19.0. The zero-order valence-electron chi connectivity index (χ0n) is 14.6. The fraction of sp³-hybridized carbons (Fsp3) is 0.182. The van der Waals surface area contributed by atoms with Gasteiger partial charge in [0.05, 0.1) is 6.42 Å². The molecule has 1 aliphatic heterocycles. The second kappa shape index (κ2) is 6.76. The fourth-order valence-electron chi connectivity index (χ4n) is 4.11. The van der Waals surface area contributed by atoms with Crippen LogP contribution in [0, 0.1) is 0 Å². The summed E-state index contributed by atoms with van der Waals surface area (Å²) in [6, 6.07) is 20.5. The Hall–Kier alpha value is -3.34. The Kier molecular flexibility index (Phi) is 4.28. The molecule has 5 heteroatoms. The van der Waals surface area contributed by atoms with Crippen LogP contribution in [0.25, 0.3) is 10.8 Å². The number of benzene rings is 3. The lowest BCUT2D eigenvalue weighted by Crippen LogP contribution is -2.41. The number of fused-ring (bicyclic) bond motifs is 2. The number of hydrogen-bond donors (Lipinski definition) is 2. The minimum Gasteiger partial charge on any atom is -0.481 e. The quantitative estimate of drug-likeness (QED) is 0.721. The van der Waals surface area contributed by atoms with Crippen molar-refractivity contribution in [2.75, 3.05) is 4.90 Å². The molecule has 3 aromatic carbocycles. The summed E-state index contributed by atoms with van der Waals surface area (Å²) < 4.78 is 0. The number of hydrogen-bond acceptors (Lipinski definition) is 3. The van der Waals surface area contributed by atoms with Crippen LogP contribution in [0.2, 0.25) is 0 Å². The molecule has 2 N–H and O–H groups in total. The Labute approximate surface area is 156 Å². The number of carbonyl (C=O) groups is 2. The SMILES string of the molecule is O=C(O)CC1c2ccccc2N(Cc2cccc3ccccc23)C1C(=O)O. The predicted octanol–water partition coefficient (Wildman–Crippen LogP) is 3.87. The fourth-order valence-corrected chi connectivity index (χ4v) is 4.11. The number of nitrogens with zero attached hydrogens (tertiary/aromatic N) is 1. The summed E-state index contributed by atoms with van der Waals surface area (Å²) in [6.07, 6.45) is -0.208. The summed E-state index contributed by atoms with van der Waals surface area (Å²) in [5, 5.41) is 21.4. The van der Waals surface area contributed by atoms with Crippen molar-refractivity contribution in [2.45, 2.75) is 24.9 Å². The third kappa shape index (κ3) is 3.01.